The van der Waals surface area contributed by atoms with Gasteiger partial charge in [0.2, 0.25) is 0 Å². The molecule has 0 saturated heterocycles. The van der Waals surface area contributed by atoms with Crippen LogP contribution in [0, 0.1) is 0 Å². The minimum Gasteiger partial charge on any atom is -0.462 e. The molecular formula is C31H53NO9. The third kappa shape index (κ3) is 39.3. The van der Waals surface area contributed by atoms with Gasteiger partial charge in [0.25, 0.3) is 0 Å². The highest BCUT2D eigenvalue weighted by Gasteiger charge is 2.30. The highest BCUT2D eigenvalue weighted by molar-refractivity contribution is 5.77. The summed E-state index contributed by atoms with van der Waals surface area (Å²) in [6, 6.07) is 0.618. The van der Waals surface area contributed by atoms with Crippen LogP contribution in [0.1, 0.15) is 112 Å². The number of allylic oxidation sites excluding steroid dienone is 1. The van der Waals surface area contributed by atoms with E-state index in [1.807, 2.05) is 0 Å². The predicted molar refractivity (Wildman–Crippen MR) is 158 cm³/mol. The van der Waals surface area contributed by atoms with Crippen molar-refractivity contribution in [2.75, 3.05) is 19.8 Å². The van der Waals surface area contributed by atoms with Crippen molar-refractivity contribution in [3.63, 3.8) is 0 Å². The number of carbonyl (C=O) groups is 6. The van der Waals surface area contributed by atoms with Crippen molar-refractivity contribution in [3.05, 3.63) is 18.4 Å². The number of aliphatic hydroxyl groups is 1. The Morgan fingerprint density at radius 3 is 1.59 bits per heavy atom. The Kier molecular flexibility index (Phi) is 29.6. The number of esters is 2. The van der Waals surface area contributed by atoms with E-state index in [2.05, 4.69) is 27.1 Å². The molecule has 41 heavy (non-hydrogen) atoms. The molecule has 0 heterocycles. The van der Waals surface area contributed by atoms with E-state index in [0.717, 1.165) is 25.7 Å². The minimum atomic E-state index is -0.649. The summed E-state index contributed by atoms with van der Waals surface area (Å²) in [4.78, 5) is 60.3. The molecule has 2 N–H and O–H groups in total. The maximum Gasteiger partial charge on any atom is 0.302 e. The first-order valence-corrected chi connectivity index (χ1v) is 14.2. The van der Waals surface area contributed by atoms with Gasteiger partial charge in [0.15, 0.2) is 0 Å². The molecule has 2 fully saturated rings. The lowest BCUT2D eigenvalue weighted by molar-refractivity contribution is -0.149. The summed E-state index contributed by atoms with van der Waals surface area (Å²) in [6.07, 6.45) is 13.7. The maximum atomic E-state index is 10.8. The molecule has 0 aliphatic heterocycles. The minimum absolute atomic E-state index is 0.106. The summed E-state index contributed by atoms with van der Waals surface area (Å²) in [5.41, 5.74) is 1.63. The number of ketones is 3. The number of hydrogen-bond acceptors (Lipinski definition) is 10. The summed E-state index contributed by atoms with van der Waals surface area (Å²) in [7, 11) is 0. The number of Topliss-reactive ketones (excluding diaryl/α,β-unsaturated/α-hetero) is 3. The van der Waals surface area contributed by atoms with Crippen molar-refractivity contribution in [3.8, 4) is 0 Å². The zero-order valence-electron chi connectivity index (χ0n) is 26.1. The van der Waals surface area contributed by atoms with Crippen molar-refractivity contribution in [2.24, 2.45) is 0 Å². The smallest absolute Gasteiger partial charge is 0.302 e. The molecule has 0 bridgehead atoms. The Morgan fingerprint density at radius 2 is 1.27 bits per heavy atom. The third-order valence-corrected chi connectivity index (χ3v) is 5.49. The van der Waals surface area contributed by atoms with E-state index in [4.69, 9.17) is 0 Å². The molecule has 0 radical (unpaired) electrons. The summed E-state index contributed by atoms with van der Waals surface area (Å²) in [5.74, 6) is -0.218. The molecular weight excluding hydrogens is 530 g/mol. The van der Waals surface area contributed by atoms with Gasteiger partial charge in [-0.1, -0.05) is 45.1 Å². The molecule has 0 aromatic carbocycles. The molecule has 2 aliphatic carbocycles. The molecule has 2 saturated carbocycles. The van der Waals surface area contributed by atoms with Gasteiger partial charge in [-0.15, -0.1) is 5.73 Å². The SMILES string of the molecule is C=C=CC=O.CC(=O)CC1(O)CCCCC1.CC(=O)CNC1CCCCC1.CC(=O)OCCOC(C)=O.CC(C)=O. The fraction of sp³-hybridized carbons (Fsp3) is 0.710. The zero-order chi connectivity index (χ0) is 32.1. The van der Waals surface area contributed by atoms with Crippen molar-refractivity contribution in [1.82, 2.24) is 5.32 Å². The molecule has 0 unspecified atom stereocenters. The highest BCUT2D eigenvalue weighted by atomic mass is 16.6. The molecule has 0 aromatic heterocycles. The van der Waals surface area contributed by atoms with E-state index >= 15 is 0 Å². The van der Waals surface area contributed by atoms with Gasteiger partial charge in [0, 0.05) is 32.4 Å². The van der Waals surface area contributed by atoms with Gasteiger partial charge in [0.1, 0.15) is 36.8 Å². The second-order valence-electron chi connectivity index (χ2n) is 10.2. The zero-order valence-corrected chi connectivity index (χ0v) is 26.1. The van der Waals surface area contributed by atoms with Crippen LogP contribution < -0.4 is 5.32 Å². The number of aldehydes is 1. The van der Waals surface area contributed by atoms with Gasteiger partial charge in [-0.25, -0.2) is 0 Å². The topological polar surface area (TPSA) is 153 Å². The normalized spacial score (nSPS) is 14.9. The van der Waals surface area contributed by atoms with Crippen LogP contribution in [-0.4, -0.2) is 72.1 Å². The largest absolute Gasteiger partial charge is 0.462 e. The molecule has 0 amide bonds. The Balaban J connectivity index is -0.000000462. The van der Waals surface area contributed by atoms with Crippen LogP contribution in [0.3, 0.4) is 0 Å². The number of hydrogen-bond donors (Lipinski definition) is 2. The van der Waals surface area contributed by atoms with Crippen LogP contribution in [-0.2, 0) is 38.2 Å². The van der Waals surface area contributed by atoms with Crippen LogP contribution in [0.5, 0.6) is 0 Å². The highest BCUT2D eigenvalue weighted by Crippen LogP contribution is 2.30. The molecule has 2 aliphatic rings. The van der Waals surface area contributed by atoms with Crippen LogP contribution in [0.15, 0.2) is 18.4 Å². The lowest BCUT2D eigenvalue weighted by Gasteiger charge is -2.30. The standard InChI is InChI=1S/C9H17NO.C9H16O2.C6H10O4.C4H4O.C3H6O/c1-8(11)7-10-9-5-3-2-4-6-9;1-8(10)7-9(11)5-3-2-4-6-9;1-5(7)9-3-4-10-6(2)8;1-2-3-4-5;1-3(2)4/h9-10H,2-7H2,1H3;11H,2-7H2,1H3;3-4H2,1-2H3;3-4H,1H2;1-2H3. The van der Waals surface area contributed by atoms with E-state index in [0.29, 0.717) is 25.3 Å². The van der Waals surface area contributed by atoms with Crippen molar-refractivity contribution in [2.45, 2.75) is 124 Å². The number of carbonyl (C=O) groups excluding carboxylic acids is 6. The summed E-state index contributed by atoms with van der Waals surface area (Å²) >= 11 is 0. The predicted octanol–water partition coefficient (Wildman–Crippen LogP) is 4.39. The number of ether oxygens (including phenoxy) is 2. The molecule has 0 atom stereocenters. The number of rotatable bonds is 9. The first-order valence-electron chi connectivity index (χ1n) is 14.2. The number of nitrogens with one attached hydrogen (secondary N) is 1. The lowest BCUT2D eigenvalue weighted by Crippen LogP contribution is -2.34. The van der Waals surface area contributed by atoms with Crippen molar-refractivity contribution < 1.29 is 43.3 Å². The van der Waals surface area contributed by atoms with Crippen molar-refractivity contribution >= 4 is 35.6 Å². The van der Waals surface area contributed by atoms with Crippen LogP contribution in [0.4, 0.5) is 0 Å². The Morgan fingerprint density at radius 1 is 0.829 bits per heavy atom. The van der Waals surface area contributed by atoms with E-state index in [1.54, 1.807) is 13.8 Å². The second kappa shape index (κ2) is 28.6. The van der Waals surface area contributed by atoms with E-state index in [9.17, 15) is 33.9 Å². The quantitative estimate of drug-likeness (QED) is 0.131. The first kappa shape index (κ1) is 42.5. The van der Waals surface area contributed by atoms with Crippen LogP contribution in [0.25, 0.3) is 0 Å². The molecule has 2 rings (SSSR count). The second-order valence-corrected chi connectivity index (χ2v) is 10.2. The molecule has 0 spiro atoms. The monoisotopic (exact) mass is 583 g/mol. The average Bonchev–Trinajstić information content (AvgIpc) is 2.87. The Bertz CT molecular complexity index is 784. The van der Waals surface area contributed by atoms with Gasteiger partial charge in [-0.3, -0.25) is 24.0 Å². The fourth-order valence-corrected chi connectivity index (χ4v) is 3.86. The van der Waals surface area contributed by atoms with Gasteiger partial charge >= 0.3 is 11.9 Å². The van der Waals surface area contributed by atoms with Gasteiger partial charge in [-0.05, 0) is 53.4 Å². The van der Waals surface area contributed by atoms with Gasteiger partial charge in [-0.2, -0.15) is 0 Å². The van der Waals surface area contributed by atoms with E-state index in [1.165, 1.54) is 72.3 Å². The molecule has 10 heteroatoms. The maximum absolute atomic E-state index is 10.8. The van der Waals surface area contributed by atoms with E-state index < -0.39 is 5.60 Å². The van der Waals surface area contributed by atoms with Gasteiger partial charge < -0.3 is 24.7 Å². The fourth-order valence-electron chi connectivity index (χ4n) is 3.86. The Labute approximate surface area is 246 Å². The summed E-state index contributed by atoms with van der Waals surface area (Å²) in [5, 5.41) is 13.1. The first-order chi connectivity index (χ1) is 19.2. The molecule has 10 nitrogen and oxygen atoms in total. The summed E-state index contributed by atoms with van der Waals surface area (Å²) < 4.78 is 8.95. The lowest BCUT2D eigenvalue weighted by atomic mass is 9.82. The molecule has 236 valence electrons. The van der Waals surface area contributed by atoms with Gasteiger partial charge in [0.05, 0.1) is 12.1 Å². The van der Waals surface area contributed by atoms with Crippen LogP contribution in [0.2, 0.25) is 0 Å². The average molecular weight is 584 g/mol. The molecule has 0 aromatic rings. The Hall–Kier alpha value is -2.94. The summed E-state index contributed by atoms with van der Waals surface area (Å²) in [6.45, 7) is 12.8. The third-order valence-electron chi connectivity index (χ3n) is 5.49. The van der Waals surface area contributed by atoms with Crippen molar-refractivity contribution in [1.29, 1.82) is 0 Å². The van der Waals surface area contributed by atoms with E-state index in [-0.39, 0.29) is 42.5 Å². The van der Waals surface area contributed by atoms with Crippen LogP contribution >= 0.6 is 0 Å².